The quantitative estimate of drug-likeness (QED) is 0.776. The van der Waals surface area contributed by atoms with Crippen molar-refractivity contribution in [1.29, 1.82) is 0 Å². The van der Waals surface area contributed by atoms with Crippen molar-refractivity contribution in [3.63, 3.8) is 0 Å². The topological polar surface area (TPSA) is 37.6 Å². The first-order valence-electron chi connectivity index (χ1n) is 8.78. The zero-order valence-electron chi connectivity index (χ0n) is 14.4. The van der Waals surface area contributed by atoms with Gasteiger partial charge in [-0.15, -0.1) is 0 Å². The fourth-order valence-electron chi connectivity index (χ4n) is 3.74. The van der Waals surface area contributed by atoms with Crippen LogP contribution in [0.2, 0.25) is 5.02 Å². The minimum Gasteiger partial charge on any atom is -0.390 e. The highest BCUT2D eigenvalue weighted by Gasteiger charge is 2.18. The highest BCUT2D eigenvalue weighted by Crippen LogP contribution is 2.32. The van der Waals surface area contributed by atoms with Crippen LogP contribution in [0.3, 0.4) is 0 Å². The van der Waals surface area contributed by atoms with Gasteiger partial charge in [0, 0.05) is 46.5 Å². The molecule has 4 nitrogen and oxygen atoms in total. The summed E-state index contributed by atoms with van der Waals surface area (Å²) < 4.78 is 7.60. The normalized spacial score (nSPS) is 17.4. The Morgan fingerprint density at radius 1 is 1.04 bits per heavy atom. The molecule has 1 aliphatic rings. The van der Waals surface area contributed by atoms with Crippen LogP contribution in [0.5, 0.6) is 0 Å². The van der Waals surface area contributed by atoms with Gasteiger partial charge in [0.1, 0.15) is 0 Å². The zero-order chi connectivity index (χ0) is 17.4. The number of aliphatic hydroxyl groups is 1. The van der Waals surface area contributed by atoms with Crippen LogP contribution in [0.4, 0.5) is 0 Å². The third kappa shape index (κ3) is 3.40. The van der Waals surface area contributed by atoms with Gasteiger partial charge in [0.2, 0.25) is 0 Å². The lowest BCUT2D eigenvalue weighted by Gasteiger charge is -2.28. The van der Waals surface area contributed by atoms with Crippen LogP contribution in [0.25, 0.3) is 21.8 Å². The second kappa shape index (κ2) is 6.96. The molecule has 0 radical (unpaired) electrons. The number of morpholine rings is 1. The average Bonchev–Trinajstić information content (AvgIpc) is 2.88. The number of hydrogen-bond donors (Lipinski definition) is 1. The molecular formula is C20H23ClN2O2. The summed E-state index contributed by atoms with van der Waals surface area (Å²) in [4.78, 5) is 2.27. The van der Waals surface area contributed by atoms with Crippen molar-refractivity contribution >= 4 is 33.4 Å². The van der Waals surface area contributed by atoms with E-state index in [1.807, 2.05) is 12.1 Å². The van der Waals surface area contributed by atoms with Crippen molar-refractivity contribution in [3.8, 4) is 0 Å². The van der Waals surface area contributed by atoms with Crippen LogP contribution in [0, 0.1) is 6.92 Å². The molecule has 0 spiro atoms. The molecular weight excluding hydrogens is 336 g/mol. The van der Waals surface area contributed by atoms with Crippen molar-refractivity contribution in [2.45, 2.75) is 19.6 Å². The van der Waals surface area contributed by atoms with E-state index in [0.29, 0.717) is 13.1 Å². The number of aromatic nitrogens is 1. The third-order valence-corrected chi connectivity index (χ3v) is 5.18. The van der Waals surface area contributed by atoms with Crippen molar-refractivity contribution in [3.05, 3.63) is 47.0 Å². The summed E-state index contributed by atoms with van der Waals surface area (Å²) >= 11 is 6.23. The molecule has 0 aliphatic carbocycles. The fourth-order valence-corrected chi connectivity index (χ4v) is 3.91. The molecule has 1 N–H and O–H groups in total. The highest BCUT2D eigenvalue weighted by molar-refractivity contribution is 6.31. The number of nitrogens with zero attached hydrogens (tertiary/aromatic N) is 2. The molecule has 25 heavy (non-hydrogen) atoms. The van der Waals surface area contributed by atoms with E-state index in [0.717, 1.165) is 47.7 Å². The number of hydrogen-bond acceptors (Lipinski definition) is 3. The van der Waals surface area contributed by atoms with Crippen LogP contribution >= 0.6 is 11.6 Å². The van der Waals surface area contributed by atoms with E-state index < -0.39 is 6.10 Å². The van der Waals surface area contributed by atoms with Gasteiger partial charge in [-0.1, -0.05) is 23.2 Å². The molecule has 5 heteroatoms. The molecule has 132 valence electrons. The molecule has 1 saturated heterocycles. The molecule has 0 amide bonds. The summed E-state index contributed by atoms with van der Waals surface area (Å²) in [5.41, 5.74) is 3.48. The molecule has 1 unspecified atom stereocenters. The number of halogens is 1. The Bertz CT molecular complexity index is 840. The first-order valence-corrected chi connectivity index (χ1v) is 9.16. The van der Waals surface area contributed by atoms with E-state index in [1.165, 1.54) is 10.9 Å². The summed E-state index contributed by atoms with van der Waals surface area (Å²) in [7, 11) is 0. The second-order valence-electron chi connectivity index (χ2n) is 6.86. The molecule has 1 fully saturated rings. The van der Waals surface area contributed by atoms with Crippen LogP contribution in [0.15, 0.2) is 36.4 Å². The van der Waals surface area contributed by atoms with Crippen molar-refractivity contribution in [2.75, 3.05) is 32.8 Å². The molecule has 2 heterocycles. The van der Waals surface area contributed by atoms with Gasteiger partial charge in [-0.05, 0) is 37.3 Å². The summed E-state index contributed by atoms with van der Waals surface area (Å²) in [5.74, 6) is 0. The maximum Gasteiger partial charge on any atom is 0.0846 e. The second-order valence-corrected chi connectivity index (χ2v) is 7.30. The van der Waals surface area contributed by atoms with E-state index in [-0.39, 0.29) is 0 Å². The minimum atomic E-state index is -0.422. The van der Waals surface area contributed by atoms with Gasteiger partial charge in [0.05, 0.1) is 25.9 Å². The lowest BCUT2D eigenvalue weighted by molar-refractivity contribution is 0.0119. The van der Waals surface area contributed by atoms with Crippen LogP contribution in [-0.4, -0.2) is 53.5 Å². The molecule has 0 bridgehead atoms. The molecule has 2 aromatic carbocycles. The molecule has 1 aliphatic heterocycles. The van der Waals surface area contributed by atoms with Crippen LogP contribution in [0.1, 0.15) is 5.56 Å². The smallest absolute Gasteiger partial charge is 0.0846 e. The summed E-state index contributed by atoms with van der Waals surface area (Å²) in [5, 5.41) is 13.7. The van der Waals surface area contributed by atoms with E-state index in [9.17, 15) is 5.11 Å². The zero-order valence-corrected chi connectivity index (χ0v) is 15.2. The third-order valence-electron chi connectivity index (χ3n) is 4.95. The van der Waals surface area contributed by atoms with Gasteiger partial charge in [-0.3, -0.25) is 4.90 Å². The Morgan fingerprint density at radius 3 is 2.48 bits per heavy atom. The van der Waals surface area contributed by atoms with E-state index in [2.05, 4.69) is 40.7 Å². The fraction of sp³-hybridized carbons (Fsp3) is 0.400. The van der Waals surface area contributed by atoms with Crippen LogP contribution in [-0.2, 0) is 11.3 Å². The summed E-state index contributed by atoms with van der Waals surface area (Å²) in [6.07, 6.45) is -0.422. The van der Waals surface area contributed by atoms with Crippen molar-refractivity contribution < 1.29 is 9.84 Å². The molecule has 4 rings (SSSR count). The van der Waals surface area contributed by atoms with Gasteiger partial charge < -0.3 is 14.4 Å². The standard InChI is InChI=1S/C20H23ClN2O2/c1-14-2-4-19-17(10-14)18-11-15(21)3-5-20(18)23(19)13-16(24)12-22-6-8-25-9-7-22/h2-5,10-11,16,24H,6-9,12-13H2,1H3. The SMILES string of the molecule is Cc1ccc2c(c1)c1cc(Cl)ccc1n2CC(O)CN1CCOCC1. The number of ether oxygens (including phenoxy) is 1. The van der Waals surface area contributed by atoms with E-state index in [4.69, 9.17) is 16.3 Å². The van der Waals surface area contributed by atoms with Crippen LogP contribution < -0.4 is 0 Å². The highest BCUT2D eigenvalue weighted by atomic mass is 35.5. The molecule has 0 saturated carbocycles. The number of benzene rings is 2. The summed E-state index contributed by atoms with van der Waals surface area (Å²) in [6.45, 7) is 6.62. The number of β-amino-alcohol motifs (C(OH)–C–C–N with tert-alkyl or cyclic N) is 1. The molecule has 1 aromatic heterocycles. The van der Waals surface area contributed by atoms with Crippen molar-refractivity contribution in [1.82, 2.24) is 9.47 Å². The predicted molar refractivity (Wildman–Crippen MR) is 102 cm³/mol. The Labute approximate surface area is 152 Å². The van der Waals surface area contributed by atoms with Gasteiger partial charge in [0.15, 0.2) is 0 Å². The number of aliphatic hydroxyl groups excluding tert-OH is 1. The van der Waals surface area contributed by atoms with Gasteiger partial charge in [-0.25, -0.2) is 0 Å². The van der Waals surface area contributed by atoms with E-state index in [1.54, 1.807) is 0 Å². The Hall–Kier alpha value is -1.59. The molecule has 1 atom stereocenters. The first-order chi connectivity index (χ1) is 12.1. The Morgan fingerprint density at radius 2 is 1.72 bits per heavy atom. The maximum absolute atomic E-state index is 10.7. The Kier molecular flexibility index (Phi) is 4.69. The largest absolute Gasteiger partial charge is 0.390 e. The number of rotatable bonds is 4. The number of aryl methyl sites for hydroxylation is 1. The van der Waals surface area contributed by atoms with Gasteiger partial charge in [-0.2, -0.15) is 0 Å². The van der Waals surface area contributed by atoms with E-state index >= 15 is 0 Å². The lowest BCUT2D eigenvalue weighted by Crippen LogP contribution is -2.42. The van der Waals surface area contributed by atoms with Gasteiger partial charge in [0.25, 0.3) is 0 Å². The lowest BCUT2D eigenvalue weighted by atomic mass is 10.1. The monoisotopic (exact) mass is 358 g/mol. The maximum atomic E-state index is 10.7. The van der Waals surface area contributed by atoms with Gasteiger partial charge >= 0.3 is 0 Å². The Balaban J connectivity index is 1.69. The predicted octanol–water partition coefficient (Wildman–Crippen LogP) is 3.45. The number of fused-ring (bicyclic) bond motifs is 3. The molecule has 3 aromatic rings. The minimum absolute atomic E-state index is 0.422. The first kappa shape index (κ1) is 16.9. The summed E-state index contributed by atoms with van der Waals surface area (Å²) in [6, 6.07) is 12.4. The van der Waals surface area contributed by atoms with Crippen molar-refractivity contribution in [2.24, 2.45) is 0 Å². The average molecular weight is 359 g/mol.